The molecule has 0 saturated heterocycles. The highest BCUT2D eigenvalue weighted by Crippen LogP contribution is 2.66. The van der Waals surface area contributed by atoms with E-state index in [4.69, 9.17) is 4.98 Å². The molecule has 0 radical (unpaired) electrons. The van der Waals surface area contributed by atoms with E-state index in [2.05, 4.69) is 43.9 Å². The highest BCUT2D eigenvalue weighted by Gasteiger charge is 2.62. The quantitative estimate of drug-likeness (QED) is 0.660. The molecule has 6 atom stereocenters. The summed E-state index contributed by atoms with van der Waals surface area (Å²) in [6.45, 7) is 6.21. The molecule has 0 spiro atoms. The summed E-state index contributed by atoms with van der Waals surface area (Å²) in [6, 6.07) is 4.34. The third kappa shape index (κ3) is 2.84. The van der Waals surface area contributed by atoms with Crippen molar-refractivity contribution in [2.45, 2.75) is 83.3 Å². The summed E-state index contributed by atoms with van der Waals surface area (Å²) in [7, 11) is 0. The Morgan fingerprint density at radius 1 is 1.17 bits per heavy atom. The summed E-state index contributed by atoms with van der Waals surface area (Å²) >= 11 is 0. The summed E-state index contributed by atoms with van der Waals surface area (Å²) in [5.74, 6) is 7.41. The molecule has 3 heteroatoms. The first-order valence-electron chi connectivity index (χ1n) is 11.6. The third-order valence-corrected chi connectivity index (χ3v) is 8.64. The molecule has 0 bridgehead atoms. The van der Waals surface area contributed by atoms with E-state index in [0.29, 0.717) is 11.8 Å². The monoisotopic (exact) mass is 403 g/mol. The second kappa shape index (κ2) is 7.08. The first-order valence-corrected chi connectivity index (χ1v) is 11.6. The Kier molecular flexibility index (Phi) is 4.73. The molecule has 0 aromatic carbocycles. The largest absolute Gasteiger partial charge is 0.389 e. The van der Waals surface area contributed by atoms with Gasteiger partial charge in [0.15, 0.2) is 0 Å². The number of rotatable bonds is 1. The number of pyridine rings is 1. The van der Waals surface area contributed by atoms with Gasteiger partial charge in [0.2, 0.25) is 0 Å². The average Bonchev–Trinajstić information content (AvgIpc) is 2.98. The van der Waals surface area contributed by atoms with Crippen LogP contribution in [0.25, 0.3) is 0 Å². The van der Waals surface area contributed by atoms with Crippen LogP contribution in [0.4, 0.5) is 0 Å². The lowest BCUT2D eigenvalue weighted by atomic mass is 9.51. The number of aromatic nitrogens is 1. The number of aliphatic hydroxyl groups is 2. The van der Waals surface area contributed by atoms with E-state index in [0.717, 1.165) is 50.6 Å². The molecule has 2 N–H and O–H groups in total. The molecular weight excluding hydrogens is 370 g/mol. The Hall–Kier alpha value is -1.89. The van der Waals surface area contributed by atoms with Gasteiger partial charge in [-0.05, 0) is 93.4 Å². The van der Waals surface area contributed by atoms with Gasteiger partial charge in [-0.1, -0.05) is 30.6 Å². The summed E-state index contributed by atoms with van der Waals surface area (Å²) < 4.78 is 0. The Bertz CT molecular complexity index is 978. The van der Waals surface area contributed by atoms with Crippen LogP contribution >= 0.6 is 0 Å². The zero-order valence-corrected chi connectivity index (χ0v) is 18.4. The molecule has 4 aliphatic rings. The van der Waals surface area contributed by atoms with Crippen LogP contribution in [-0.2, 0) is 0 Å². The van der Waals surface area contributed by atoms with Crippen LogP contribution in [-0.4, -0.2) is 26.9 Å². The predicted octanol–water partition coefficient (Wildman–Crippen LogP) is 4.84. The van der Waals surface area contributed by atoms with Crippen LogP contribution in [0, 0.1) is 36.0 Å². The Labute approximate surface area is 180 Å². The van der Waals surface area contributed by atoms with Gasteiger partial charge in [-0.3, -0.25) is 4.98 Å². The molecule has 0 aliphatic heterocycles. The average molecular weight is 404 g/mol. The van der Waals surface area contributed by atoms with Gasteiger partial charge in [-0.25, -0.2) is 0 Å². The van der Waals surface area contributed by atoms with E-state index in [1.807, 2.05) is 13.1 Å². The zero-order valence-electron chi connectivity index (χ0n) is 18.4. The summed E-state index contributed by atoms with van der Waals surface area (Å²) in [4.78, 5) is 4.86. The van der Waals surface area contributed by atoms with Crippen molar-refractivity contribution in [2.75, 3.05) is 0 Å². The molecular formula is C27H33NO2. The predicted molar refractivity (Wildman–Crippen MR) is 119 cm³/mol. The molecule has 1 heterocycles. The number of hydrogen-bond donors (Lipinski definition) is 2. The lowest BCUT2D eigenvalue weighted by Crippen LogP contribution is -2.51. The Morgan fingerprint density at radius 3 is 2.73 bits per heavy atom. The number of aliphatic hydroxyl groups excluding tert-OH is 1. The SMILES string of the molecule is CC#C[C@]1(O)CC[C@H]2[C@@H]3CCC4=CC(O)CCC4=C3[C@@H](c3ccc(C)cn3)C[C@@]21C. The maximum atomic E-state index is 11.7. The van der Waals surface area contributed by atoms with Gasteiger partial charge in [0.05, 0.1) is 6.10 Å². The van der Waals surface area contributed by atoms with Crippen molar-refractivity contribution in [3.63, 3.8) is 0 Å². The smallest absolute Gasteiger partial charge is 0.131 e. The van der Waals surface area contributed by atoms with Crippen molar-refractivity contribution in [1.29, 1.82) is 0 Å². The lowest BCUT2D eigenvalue weighted by molar-refractivity contribution is -0.0516. The molecule has 1 unspecified atom stereocenters. The van der Waals surface area contributed by atoms with Gasteiger partial charge in [0.1, 0.15) is 5.60 Å². The molecule has 4 aliphatic carbocycles. The van der Waals surface area contributed by atoms with Crippen LogP contribution in [0.2, 0.25) is 0 Å². The van der Waals surface area contributed by atoms with Crippen LogP contribution in [0.1, 0.15) is 76.0 Å². The van der Waals surface area contributed by atoms with Crippen LogP contribution in [0.5, 0.6) is 0 Å². The molecule has 3 nitrogen and oxygen atoms in total. The van der Waals surface area contributed by atoms with E-state index in [9.17, 15) is 10.2 Å². The first-order chi connectivity index (χ1) is 14.4. The number of fused-ring (bicyclic) bond motifs is 4. The molecule has 1 aromatic heterocycles. The van der Waals surface area contributed by atoms with Crippen molar-refractivity contribution in [3.8, 4) is 11.8 Å². The fourth-order valence-electron chi connectivity index (χ4n) is 7.15. The van der Waals surface area contributed by atoms with Gasteiger partial charge in [0, 0.05) is 23.2 Å². The van der Waals surface area contributed by atoms with Crippen molar-refractivity contribution < 1.29 is 10.2 Å². The number of hydrogen-bond acceptors (Lipinski definition) is 3. The second-order valence-electron chi connectivity index (χ2n) is 10.2. The number of aryl methyl sites for hydroxylation is 1. The van der Waals surface area contributed by atoms with E-state index >= 15 is 0 Å². The molecule has 2 fully saturated rings. The molecule has 1 aromatic rings. The standard InChI is InChI=1S/C27H33NO2/c1-4-12-27(30)13-11-23-21-8-6-18-14-19(29)7-9-20(18)25(21)22(15-26(23,27)3)24-10-5-17(2)16-28-24/h5,10,14,16,19,21-23,29-30H,6-9,11,13,15H2,1-3H3/t19?,21-,22+,23-,26-,27-/m0/s1. The summed E-state index contributed by atoms with van der Waals surface area (Å²) in [6.07, 6.45) is 10.4. The van der Waals surface area contributed by atoms with Gasteiger partial charge in [-0.15, -0.1) is 5.92 Å². The first kappa shape index (κ1) is 20.0. The van der Waals surface area contributed by atoms with Crippen molar-refractivity contribution >= 4 is 0 Å². The highest BCUT2D eigenvalue weighted by molar-refractivity contribution is 5.48. The maximum absolute atomic E-state index is 11.7. The van der Waals surface area contributed by atoms with Gasteiger partial charge < -0.3 is 10.2 Å². The molecule has 158 valence electrons. The summed E-state index contributed by atoms with van der Waals surface area (Å²) in [5.41, 5.74) is 5.57. The van der Waals surface area contributed by atoms with Gasteiger partial charge >= 0.3 is 0 Å². The van der Waals surface area contributed by atoms with E-state index in [-0.39, 0.29) is 17.4 Å². The van der Waals surface area contributed by atoms with Crippen molar-refractivity contribution in [1.82, 2.24) is 4.98 Å². The Balaban J connectivity index is 1.69. The normalized spacial score (nSPS) is 40.0. The van der Waals surface area contributed by atoms with E-state index in [1.165, 1.54) is 16.7 Å². The minimum atomic E-state index is -0.912. The van der Waals surface area contributed by atoms with E-state index < -0.39 is 5.60 Å². The zero-order chi connectivity index (χ0) is 21.1. The maximum Gasteiger partial charge on any atom is 0.131 e. The van der Waals surface area contributed by atoms with Crippen LogP contribution in [0.3, 0.4) is 0 Å². The molecule has 30 heavy (non-hydrogen) atoms. The fraction of sp³-hybridized carbons (Fsp3) is 0.593. The third-order valence-electron chi connectivity index (χ3n) is 8.64. The van der Waals surface area contributed by atoms with Crippen molar-refractivity contribution in [3.05, 3.63) is 52.4 Å². The topological polar surface area (TPSA) is 53.4 Å². The number of nitrogens with zero attached hydrogens (tertiary/aromatic N) is 1. The van der Waals surface area contributed by atoms with Crippen LogP contribution < -0.4 is 0 Å². The molecule has 2 saturated carbocycles. The fourth-order valence-corrected chi connectivity index (χ4v) is 7.15. The Morgan fingerprint density at radius 2 is 2.00 bits per heavy atom. The van der Waals surface area contributed by atoms with Gasteiger partial charge in [0.25, 0.3) is 0 Å². The summed E-state index contributed by atoms with van der Waals surface area (Å²) in [5, 5.41) is 21.9. The minimum absolute atomic E-state index is 0.217. The lowest BCUT2D eigenvalue weighted by Gasteiger charge is -2.53. The highest BCUT2D eigenvalue weighted by atomic mass is 16.3. The van der Waals surface area contributed by atoms with E-state index in [1.54, 1.807) is 5.57 Å². The molecule has 0 amide bonds. The molecule has 5 rings (SSSR count). The number of allylic oxidation sites excluding steroid dienone is 3. The minimum Gasteiger partial charge on any atom is -0.389 e. The van der Waals surface area contributed by atoms with Crippen molar-refractivity contribution in [2.24, 2.45) is 17.3 Å². The van der Waals surface area contributed by atoms with Crippen LogP contribution in [0.15, 0.2) is 41.1 Å². The van der Waals surface area contributed by atoms with Gasteiger partial charge in [-0.2, -0.15) is 0 Å². The second-order valence-corrected chi connectivity index (χ2v) is 10.2.